The second-order valence-corrected chi connectivity index (χ2v) is 8.88. The quantitative estimate of drug-likeness (QED) is 0.232. The van der Waals surface area contributed by atoms with E-state index in [4.69, 9.17) is 9.84 Å². The van der Waals surface area contributed by atoms with Gasteiger partial charge in [-0.1, -0.05) is 54.6 Å². The first-order valence-electron chi connectivity index (χ1n) is 12.2. The average Bonchev–Trinajstić information content (AvgIpc) is 3.26. The third-order valence-corrected chi connectivity index (χ3v) is 6.45. The van der Waals surface area contributed by atoms with Crippen molar-refractivity contribution in [2.75, 3.05) is 13.2 Å². The molecule has 3 N–H and O–H groups in total. The van der Waals surface area contributed by atoms with Crippen LogP contribution in [-0.2, 0) is 11.2 Å². The number of carbonyl (C=O) groups excluding carboxylic acids is 1. The molecule has 0 aromatic heterocycles. The van der Waals surface area contributed by atoms with Crippen molar-refractivity contribution in [2.45, 2.75) is 12.3 Å². The van der Waals surface area contributed by atoms with Crippen LogP contribution in [0.25, 0.3) is 11.1 Å². The Labute approximate surface area is 219 Å². The average molecular weight is 508 g/mol. The van der Waals surface area contributed by atoms with Crippen LogP contribution in [0.15, 0.2) is 101 Å². The lowest BCUT2D eigenvalue weighted by atomic mass is 9.98. The van der Waals surface area contributed by atoms with E-state index in [0.29, 0.717) is 18.7 Å². The molecule has 0 fully saturated rings. The van der Waals surface area contributed by atoms with Crippen LogP contribution < -0.4 is 5.32 Å². The fraction of sp³-hybridized carbons (Fsp3) is 0.133. The zero-order valence-corrected chi connectivity index (χ0v) is 20.4. The number of rotatable bonds is 8. The molecule has 0 unspecified atom stereocenters. The Morgan fingerprint density at radius 2 is 1.50 bits per heavy atom. The zero-order chi connectivity index (χ0) is 26.5. The summed E-state index contributed by atoms with van der Waals surface area (Å²) < 4.78 is 5.57. The van der Waals surface area contributed by atoms with Crippen LogP contribution >= 0.6 is 0 Å². The van der Waals surface area contributed by atoms with E-state index in [2.05, 4.69) is 39.8 Å². The largest absolute Gasteiger partial charge is 0.506 e. The number of aromatic hydroxyl groups is 1. The highest BCUT2D eigenvalue weighted by Crippen LogP contribution is 2.44. The van der Waals surface area contributed by atoms with E-state index in [1.807, 2.05) is 24.3 Å². The normalized spacial score (nSPS) is 12.2. The summed E-state index contributed by atoms with van der Waals surface area (Å²) in [7, 11) is 0. The highest BCUT2D eigenvalue weighted by Gasteiger charge is 2.28. The molecule has 0 spiro atoms. The van der Waals surface area contributed by atoms with E-state index < -0.39 is 12.1 Å². The van der Waals surface area contributed by atoms with Gasteiger partial charge < -0.3 is 20.3 Å². The standard InChI is InChI=1S/C30H25N3O5/c34-28-14-9-19(17-27(28)33-32-21-12-10-20(11-13-21)29(35)36)15-16-31-30(37)38-18-26-24-7-3-1-5-22(24)23-6-2-4-8-25(23)26/h1-14,17,26,34H,15-16,18H2,(H,31,37)(H,35,36). The van der Waals surface area contributed by atoms with Crippen molar-refractivity contribution in [3.05, 3.63) is 113 Å². The van der Waals surface area contributed by atoms with Crippen LogP contribution in [-0.4, -0.2) is 35.4 Å². The Morgan fingerprint density at radius 1 is 0.842 bits per heavy atom. The number of aromatic carboxylic acids is 1. The first-order valence-corrected chi connectivity index (χ1v) is 12.2. The van der Waals surface area contributed by atoms with Gasteiger partial charge >= 0.3 is 12.1 Å². The maximum Gasteiger partial charge on any atom is 0.407 e. The molecule has 0 atom stereocenters. The van der Waals surface area contributed by atoms with Gasteiger partial charge in [-0.2, -0.15) is 5.11 Å². The van der Waals surface area contributed by atoms with Gasteiger partial charge in [-0.25, -0.2) is 9.59 Å². The predicted molar refractivity (Wildman–Crippen MR) is 142 cm³/mol. The molecular formula is C30H25N3O5. The fourth-order valence-electron chi connectivity index (χ4n) is 4.55. The number of carboxylic acids is 1. The molecule has 5 rings (SSSR count). The molecule has 8 nitrogen and oxygen atoms in total. The Bertz CT molecular complexity index is 1470. The van der Waals surface area contributed by atoms with Gasteiger partial charge in [0.05, 0.1) is 11.3 Å². The number of amides is 1. The maximum absolute atomic E-state index is 12.4. The van der Waals surface area contributed by atoms with Crippen molar-refractivity contribution in [1.82, 2.24) is 5.32 Å². The number of carbonyl (C=O) groups is 2. The molecule has 1 aliphatic rings. The highest BCUT2D eigenvalue weighted by molar-refractivity contribution is 5.87. The van der Waals surface area contributed by atoms with Gasteiger partial charge in [-0.15, -0.1) is 5.11 Å². The van der Waals surface area contributed by atoms with Gasteiger partial charge in [-0.3, -0.25) is 0 Å². The van der Waals surface area contributed by atoms with Crippen molar-refractivity contribution in [1.29, 1.82) is 0 Å². The topological polar surface area (TPSA) is 121 Å². The lowest BCUT2D eigenvalue weighted by molar-refractivity contribution is 0.0696. The number of fused-ring (bicyclic) bond motifs is 3. The number of nitrogens with zero attached hydrogens (tertiary/aromatic N) is 2. The smallest absolute Gasteiger partial charge is 0.407 e. The second kappa shape index (κ2) is 11.0. The molecule has 8 heteroatoms. The minimum absolute atomic E-state index is 0.00139. The molecule has 0 saturated carbocycles. The number of ether oxygens (including phenoxy) is 1. The number of hydrogen-bond donors (Lipinski definition) is 3. The molecule has 1 amide bonds. The van der Waals surface area contributed by atoms with Crippen LogP contribution in [0.4, 0.5) is 16.2 Å². The minimum atomic E-state index is -1.02. The first kappa shape index (κ1) is 24.7. The molecule has 0 bridgehead atoms. The van der Waals surface area contributed by atoms with Gasteiger partial charge in [0.25, 0.3) is 0 Å². The minimum Gasteiger partial charge on any atom is -0.506 e. The number of hydrogen-bond acceptors (Lipinski definition) is 6. The molecule has 0 heterocycles. The maximum atomic E-state index is 12.4. The molecule has 38 heavy (non-hydrogen) atoms. The summed E-state index contributed by atoms with van der Waals surface area (Å²) in [6, 6.07) is 27.2. The summed E-state index contributed by atoms with van der Waals surface area (Å²) in [5.74, 6) is -1.06. The Hall–Kier alpha value is -4.98. The first-order chi connectivity index (χ1) is 18.5. The molecule has 190 valence electrons. The van der Waals surface area contributed by atoms with Crippen LogP contribution in [0.1, 0.15) is 33.0 Å². The molecular weight excluding hydrogens is 482 g/mol. The van der Waals surface area contributed by atoms with E-state index in [9.17, 15) is 14.7 Å². The van der Waals surface area contributed by atoms with Crippen molar-refractivity contribution < 1.29 is 24.5 Å². The lowest BCUT2D eigenvalue weighted by Crippen LogP contribution is -2.28. The number of phenols is 1. The van der Waals surface area contributed by atoms with Crippen LogP contribution in [0.3, 0.4) is 0 Å². The number of carboxylic acid groups (broad SMARTS) is 1. The van der Waals surface area contributed by atoms with E-state index in [1.165, 1.54) is 41.5 Å². The third-order valence-electron chi connectivity index (χ3n) is 6.45. The Balaban J connectivity index is 1.15. The van der Waals surface area contributed by atoms with Gasteiger partial charge in [-0.05, 0) is 70.6 Å². The Kier molecular flexibility index (Phi) is 7.13. The molecule has 0 radical (unpaired) electrons. The van der Waals surface area contributed by atoms with E-state index >= 15 is 0 Å². The van der Waals surface area contributed by atoms with Gasteiger partial charge in [0.1, 0.15) is 18.0 Å². The third kappa shape index (κ3) is 5.39. The van der Waals surface area contributed by atoms with Gasteiger partial charge in [0.15, 0.2) is 0 Å². The molecule has 4 aromatic rings. The summed E-state index contributed by atoms with van der Waals surface area (Å²) >= 11 is 0. The number of azo groups is 1. The highest BCUT2D eigenvalue weighted by atomic mass is 16.5. The number of benzene rings is 4. The van der Waals surface area contributed by atoms with Gasteiger partial charge in [0, 0.05) is 12.5 Å². The zero-order valence-electron chi connectivity index (χ0n) is 20.4. The fourth-order valence-corrected chi connectivity index (χ4v) is 4.55. The van der Waals surface area contributed by atoms with E-state index in [-0.39, 0.29) is 29.5 Å². The van der Waals surface area contributed by atoms with E-state index in [0.717, 1.165) is 16.7 Å². The number of alkyl carbamates (subject to hydrolysis) is 1. The summed E-state index contributed by atoms with van der Waals surface area (Å²) in [4.78, 5) is 23.4. The molecule has 0 aliphatic heterocycles. The van der Waals surface area contributed by atoms with Crippen molar-refractivity contribution in [3.8, 4) is 16.9 Å². The van der Waals surface area contributed by atoms with Crippen molar-refractivity contribution in [2.24, 2.45) is 10.2 Å². The SMILES string of the molecule is O=C(NCCc1ccc(O)c(N=Nc2ccc(C(=O)O)cc2)c1)OCC1c2ccccc2-c2ccccc21. The van der Waals surface area contributed by atoms with Crippen molar-refractivity contribution >= 4 is 23.4 Å². The summed E-state index contributed by atoms with van der Waals surface area (Å²) in [6.07, 6.45) is 0.00989. The predicted octanol–water partition coefficient (Wildman–Crippen LogP) is 6.59. The van der Waals surface area contributed by atoms with E-state index in [1.54, 1.807) is 12.1 Å². The van der Waals surface area contributed by atoms with Crippen molar-refractivity contribution in [3.63, 3.8) is 0 Å². The number of phenolic OH excluding ortho intramolecular Hbond substituents is 1. The summed E-state index contributed by atoms with van der Waals surface area (Å²) in [5.41, 5.74) is 6.39. The van der Waals surface area contributed by atoms with Crippen LogP contribution in [0.5, 0.6) is 5.75 Å². The molecule has 0 saturated heterocycles. The Morgan fingerprint density at radius 3 is 2.16 bits per heavy atom. The summed E-state index contributed by atoms with van der Waals surface area (Å²) in [5, 5.41) is 30.0. The molecule has 1 aliphatic carbocycles. The monoisotopic (exact) mass is 507 g/mol. The lowest BCUT2D eigenvalue weighted by Gasteiger charge is -2.14. The van der Waals surface area contributed by atoms with Gasteiger partial charge in [0.2, 0.25) is 0 Å². The number of nitrogens with one attached hydrogen (secondary N) is 1. The van der Waals surface area contributed by atoms with Crippen LogP contribution in [0, 0.1) is 0 Å². The van der Waals surface area contributed by atoms with Crippen LogP contribution in [0.2, 0.25) is 0 Å². The summed E-state index contributed by atoms with van der Waals surface area (Å²) in [6.45, 7) is 0.589. The molecule has 4 aromatic carbocycles. The second-order valence-electron chi connectivity index (χ2n) is 8.88.